The third-order valence-electron chi connectivity index (χ3n) is 2.51. The van der Waals surface area contributed by atoms with Crippen LogP contribution in [0.15, 0.2) is 6.20 Å². The SMILES string of the molecule is O=C(O)c1cn([C@@H]2CCC[C@@H]2O)nn1. The van der Waals surface area contributed by atoms with Crippen molar-refractivity contribution in [3.8, 4) is 0 Å². The van der Waals surface area contributed by atoms with Gasteiger partial charge in [0.05, 0.1) is 18.3 Å². The summed E-state index contributed by atoms with van der Waals surface area (Å²) in [7, 11) is 0. The molecular formula is C8H11N3O3. The summed E-state index contributed by atoms with van der Waals surface area (Å²) in [6.07, 6.45) is 3.44. The standard InChI is InChI=1S/C8H11N3O3/c12-7-3-1-2-6(7)11-4-5(8(13)14)9-10-11/h4,6-7,12H,1-3H2,(H,13,14)/t6-,7+/m1/s1. The fourth-order valence-corrected chi connectivity index (χ4v) is 1.77. The summed E-state index contributed by atoms with van der Waals surface area (Å²) >= 11 is 0. The zero-order chi connectivity index (χ0) is 10.1. The minimum Gasteiger partial charge on any atom is -0.476 e. The lowest BCUT2D eigenvalue weighted by molar-refractivity contribution is 0.0690. The molecule has 1 fully saturated rings. The average Bonchev–Trinajstić information content (AvgIpc) is 2.71. The van der Waals surface area contributed by atoms with Gasteiger partial charge in [-0.05, 0) is 19.3 Å². The summed E-state index contributed by atoms with van der Waals surface area (Å²) in [5.74, 6) is -1.09. The molecule has 0 unspecified atom stereocenters. The molecule has 0 saturated heterocycles. The molecule has 2 N–H and O–H groups in total. The largest absolute Gasteiger partial charge is 0.476 e. The fraction of sp³-hybridized carbons (Fsp3) is 0.625. The first-order chi connectivity index (χ1) is 6.68. The number of aromatic carboxylic acids is 1. The number of hydrogen-bond acceptors (Lipinski definition) is 4. The monoisotopic (exact) mass is 197 g/mol. The van der Waals surface area contributed by atoms with Gasteiger partial charge in [-0.15, -0.1) is 5.10 Å². The van der Waals surface area contributed by atoms with Gasteiger partial charge in [-0.2, -0.15) is 0 Å². The van der Waals surface area contributed by atoms with Crippen LogP contribution in [0.3, 0.4) is 0 Å². The molecule has 0 radical (unpaired) electrons. The third-order valence-corrected chi connectivity index (χ3v) is 2.51. The summed E-state index contributed by atoms with van der Waals surface area (Å²) in [6, 6.07) is -0.115. The minimum atomic E-state index is -1.09. The highest BCUT2D eigenvalue weighted by Gasteiger charge is 2.28. The number of carboxylic acids is 1. The summed E-state index contributed by atoms with van der Waals surface area (Å²) in [5.41, 5.74) is -0.0795. The second kappa shape index (κ2) is 3.38. The number of hydrogen-bond donors (Lipinski definition) is 2. The van der Waals surface area contributed by atoms with Crippen LogP contribution in [-0.4, -0.2) is 37.3 Å². The van der Waals surface area contributed by atoms with Gasteiger partial charge in [-0.3, -0.25) is 0 Å². The molecule has 0 aromatic carbocycles. The van der Waals surface area contributed by atoms with Crippen LogP contribution in [0, 0.1) is 0 Å². The van der Waals surface area contributed by atoms with Crippen molar-refractivity contribution in [3.63, 3.8) is 0 Å². The quantitative estimate of drug-likeness (QED) is 0.700. The van der Waals surface area contributed by atoms with Crippen molar-refractivity contribution < 1.29 is 15.0 Å². The molecule has 1 aromatic heterocycles. The van der Waals surface area contributed by atoms with E-state index in [0.717, 1.165) is 19.3 Å². The Bertz CT molecular complexity index is 349. The van der Waals surface area contributed by atoms with Crippen LogP contribution in [0.1, 0.15) is 35.8 Å². The predicted molar refractivity (Wildman–Crippen MR) is 45.9 cm³/mol. The maximum Gasteiger partial charge on any atom is 0.358 e. The zero-order valence-corrected chi connectivity index (χ0v) is 7.50. The van der Waals surface area contributed by atoms with Crippen molar-refractivity contribution in [1.82, 2.24) is 15.0 Å². The molecule has 1 saturated carbocycles. The Kier molecular flexibility index (Phi) is 2.20. The van der Waals surface area contributed by atoms with Crippen LogP contribution in [0.2, 0.25) is 0 Å². The Labute approximate surface area is 80.2 Å². The van der Waals surface area contributed by atoms with Gasteiger partial charge >= 0.3 is 5.97 Å². The van der Waals surface area contributed by atoms with Crippen LogP contribution >= 0.6 is 0 Å². The first-order valence-electron chi connectivity index (χ1n) is 4.51. The lowest BCUT2D eigenvalue weighted by Gasteiger charge is -2.13. The summed E-state index contributed by atoms with van der Waals surface area (Å²) < 4.78 is 1.45. The van der Waals surface area contributed by atoms with Crippen molar-refractivity contribution in [2.75, 3.05) is 0 Å². The third kappa shape index (κ3) is 1.48. The number of aliphatic hydroxyl groups excluding tert-OH is 1. The van der Waals surface area contributed by atoms with Gasteiger partial charge in [0, 0.05) is 0 Å². The van der Waals surface area contributed by atoms with Gasteiger partial charge < -0.3 is 10.2 Å². The molecule has 1 aromatic rings. The Morgan fingerprint density at radius 1 is 1.57 bits per heavy atom. The highest BCUT2D eigenvalue weighted by Crippen LogP contribution is 2.29. The van der Waals surface area contributed by atoms with Crippen LogP contribution < -0.4 is 0 Å². The first kappa shape index (κ1) is 9.14. The molecule has 14 heavy (non-hydrogen) atoms. The molecule has 2 atom stereocenters. The van der Waals surface area contributed by atoms with Crippen LogP contribution in [-0.2, 0) is 0 Å². The second-order valence-electron chi connectivity index (χ2n) is 3.45. The molecule has 0 aliphatic heterocycles. The average molecular weight is 197 g/mol. The van der Waals surface area contributed by atoms with E-state index >= 15 is 0 Å². The van der Waals surface area contributed by atoms with Crippen molar-refractivity contribution in [2.45, 2.75) is 31.4 Å². The number of rotatable bonds is 2. The van der Waals surface area contributed by atoms with E-state index in [0.29, 0.717) is 0 Å². The number of carboxylic acid groups (broad SMARTS) is 1. The second-order valence-corrected chi connectivity index (χ2v) is 3.45. The van der Waals surface area contributed by atoms with E-state index in [9.17, 15) is 9.90 Å². The van der Waals surface area contributed by atoms with E-state index in [1.54, 1.807) is 0 Å². The molecule has 1 aliphatic rings. The van der Waals surface area contributed by atoms with E-state index in [-0.39, 0.29) is 11.7 Å². The number of aromatic nitrogens is 3. The number of aliphatic hydroxyl groups is 1. The van der Waals surface area contributed by atoms with E-state index < -0.39 is 12.1 Å². The van der Waals surface area contributed by atoms with Crippen molar-refractivity contribution in [2.24, 2.45) is 0 Å². The van der Waals surface area contributed by atoms with Gasteiger partial charge in [0.25, 0.3) is 0 Å². The van der Waals surface area contributed by atoms with E-state index in [2.05, 4.69) is 10.3 Å². The maximum absolute atomic E-state index is 10.5. The number of nitrogens with zero attached hydrogens (tertiary/aromatic N) is 3. The Balaban J connectivity index is 2.20. The molecule has 1 aliphatic carbocycles. The van der Waals surface area contributed by atoms with Crippen molar-refractivity contribution in [1.29, 1.82) is 0 Å². The molecule has 6 nitrogen and oxygen atoms in total. The van der Waals surface area contributed by atoms with E-state index in [1.165, 1.54) is 10.9 Å². The highest BCUT2D eigenvalue weighted by atomic mass is 16.4. The van der Waals surface area contributed by atoms with Crippen molar-refractivity contribution >= 4 is 5.97 Å². The van der Waals surface area contributed by atoms with Crippen molar-refractivity contribution in [3.05, 3.63) is 11.9 Å². The number of carbonyl (C=O) groups is 1. The lowest BCUT2D eigenvalue weighted by atomic mass is 10.2. The van der Waals surface area contributed by atoms with Gasteiger partial charge in [0.15, 0.2) is 5.69 Å². The van der Waals surface area contributed by atoms with Gasteiger partial charge in [-0.1, -0.05) is 5.21 Å². The molecule has 6 heteroatoms. The van der Waals surface area contributed by atoms with Crippen LogP contribution in [0.25, 0.3) is 0 Å². The normalized spacial score (nSPS) is 26.6. The summed E-state index contributed by atoms with van der Waals surface area (Å²) in [5, 5.41) is 25.4. The Hall–Kier alpha value is -1.43. The molecule has 1 heterocycles. The summed E-state index contributed by atoms with van der Waals surface area (Å²) in [4.78, 5) is 10.5. The van der Waals surface area contributed by atoms with E-state index in [1.807, 2.05) is 0 Å². The smallest absolute Gasteiger partial charge is 0.358 e. The van der Waals surface area contributed by atoms with Crippen LogP contribution in [0.5, 0.6) is 0 Å². The van der Waals surface area contributed by atoms with Gasteiger partial charge in [-0.25, -0.2) is 9.48 Å². The molecular weight excluding hydrogens is 186 g/mol. The highest BCUT2D eigenvalue weighted by molar-refractivity contribution is 5.84. The Morgan fingerprint density at radius 3 is 2.86 bits per heavy atom. The predicted octanol–water partition coefficient (Wildman–Crippen LogP) is 0.0622. The zero-order valence-electron chi connectivity index (χ0n) is 7.50. The lowest BCUT2D eigenvalue weighted by Crippen LogP contribution is -2.18. The van der Waals surface area contributed by atoms with E-state index in [4.69, 9.17) is 5.11 Å². The Morgan fingerprint density at radius 2 is 2.36 bits per heavy atom. The fourth-order valence-electron chi connectivity index (χ4n) is 1.77. The van der Waals surface area contributed by atoms with Gasteiger partial charge in [0.2, 0.25) is 0 Å². The molecule has 76 valence electrons. The molecule has 2 rings (SSSR count). The summed E-state index contributed by atoms with van der Waals surface area (Å²) in [6.45, 7) is 0. The minimum absolute atomic E-state index is 0.0795. The first-order valence-corrected chi connectivity index (χ1v) is 4.51. The molecule has 0 spiro atoms. The topological polar surface area (TPSA) is 88.2 Å². The molecule has 0 amide bonds. The van der Waals surface area contributed by atoms with Gasteiger partial charge in [0.1, 0.15) is 0 Å². The molecule has 0 bridgehead atoms. The maximum atomic E-state index is 10.5. The van der Waals surface area contributed by atoms with Crippen LogP contribution in [0.4, 0.5) is 0 Å².